The first-order valence-electron chi connectivity index (χ1n) is 8.34. The van der Waals surface area contributed by atoms with Crippen LogP contribution in [-0.4, -0.2) is 29.6 Å². The van der Waals surface area contributed by atoms with Gasteiger partial charge in [-0.3, -0.25) is 9.78 Å². The predicted molar refractivity (Wildman–Crippen MR) is 89.7 cm³/mol. The standard InChI is InChI=1S/C19H22N2O2/c1-10-4-5-13-15(8-11(2)20-18(13)12(10)3)19(22)21-16-9-17-14(16)6-7-23-17/h4-5,8,14,16-17H,6-7,9H2,1-3H3,(H,21,22)/t14-,16+,17+/m1/s1. The van der Waals surface area contributed by atoms with E-state index in [9.17, 15) is 4.79 Å². The lowest BCUT2D eigenvalue weighted by Crippen LogP contribution is -2.53. The summed E-state index contributed by atoms with van der Waals surface area (Å²) < 4.78 is 5.63. The van der Waals surface area contributed by atoms with Gasteiger partial charge in [-0.2, -0.15) is 0 Å². The van der Waals surface area contributed by atoms with Crippen molar-refractivity contribution in [2.75, 3.05) is 6.61 Å². The first-order valence-corrected chi connectivity index (χ1v) is 8.34. The van der Waals surface area contributed by atoms with Gasteiger partial charge in [0.15, 0.2) is 0 Å². The maximum atomic E-state index is 12.8. The molecule has 1 aliphatic carbocycles. The molecule has 1 N–H and O–H groups in total. The highest BCUT2D eigenvalue weighted by atomic mass is 16.5. The van der Waals surface area contributed by atoms with E-state index >= 15 is 0 Å². The average molecular weight is 310 g/mol. The summed E-state index contributed by atoms with van der Waals surface area (Å²) in [4.78, 5) is 17.5. The molecule has 4 nitrogen and oxygen atoms in total. The number of aromatic nitrogens is 1. The number of rotatable bonds is 2. The highest BCUT2D eigenvalue weighted by Gasteiger charge is 2.45. The predicted octanol–water partition coefficient (Wildman–Crippen LogP) is 3.07. The van der Waals surface area contributed by atoms with Crippen LogP contribution in [0.4, 0.5) is 0 Å². The monoisotopic (exact) mass is 310 g/mol. The first kappa shape index (κ1) is 14.6. The lowest BCUT2D eigenvalue weighted by atomic mass is 9.76. The second-order valence-electron chi connectivity index (χ2n) is 6.89. The zero-order chi connectivity index (χ0) is 16.1. The third kappa shape index (κ3) is 2.32. The molecule has 0 bridgehead atoms. The Bertz CT molecular complexity index is 800. The average Bonchev–Trinajstić information content (AvgIpc) is 2.89. The Morgan fingerprint density at radius 3 is 2.91 bits per heavy atom. The summed E-state index contributed by atoms with van der Waals surface area (Å²) in [6, 6.07) is 6.23. The normalized spacial score (nSPS) is 26.0. The van der Waals surface area contributed by atoms with Gasteiger partial charge in [-0.05, 0) is 50.8 Å². The van der Waals surface area contributed by atoms with Gasteiger partial charge in [0.2, 0.25) is 0 Å². The van der Waals surface area contributed by atoms with Crippen LogP contribution in [0.25, 0.3) is 10.9 Å². The van der Waals surface area contributed by atoms with Crippen molar-refractivity contribution in [2.24, 2.45) is 5.92 Å². The Kier molecular flexibility index (Phi) is 3.38. The Labute approximate surface area is 136 Å². The van der Waals surface area contributed by atoms with Gasteiger partial charge in [0, 0.05) is 29.6 Å². The maximum Gasteiger partial charge on any atom is 0.252 e. The summed E-state index contributed by atoms with van der Waals surface area (Å²) in [6.07, 6.45) is 2.36. The smallest absolute Gasteiger partial charge is 0.252 e. The van der Waals surface area contributed by atoms with Crippen LogP contribution in [0.1, 0.15) is 40.0 Å². The van der Waals surface area contributed by atoms with Crippen molar-refractivity contribution in [1.29, 1.82) is 0 Å². The summed E-state index contributed by atoms with van der Waals surface area (Å²) in [7, 11) is 0. The van der Waals surface area contributed by atoms with Crippen molar-refractivity contribution in [3.63, 3.8) is 0 Å². The molecule has 4 rings (SSSR count). The van der Waals surface area contributed by atoms with Crippen LogP contribution in [-0.2, 0) is 4.74 Å². The quantitative estimate of drug-likeness (QED) is 0.927. The molecule has 1 amide bonds. The minimum Gasteiger partial charge on any atom is -0.378 e. The fraction of sp³-hybridized carbons (Fsp3) is 0.474. The lowest BCUT2D eigenvalue weighted by molar-refractivity contribution is 0.00812. The van der Waals surface area contributed by atoms with Gasteiger partial charge in [-0.25, -0.2) is 0 Å². The van der Waals surface area contributed by atoms with Gasteiger partial charge >= 0.3 is 0 Å². The van der Waals surface area contributed by atoms with E-state index in [2.05, 4.69) is 30.2 Å². The van der Waals surface area contributed by atoms with Gasteiger partial charge in [-0.1, -0.05) is 12.1 Å². The molecule has 1 aromatic carbocycles. The Morgan fingerprint density at radius 2 is 2.13 bits per heavy atom. The van der Waals surface area contributed by atoms with E-state index in [1.165, 1.54) is 5.56 Å². The molecule has 4 heteroatoms. The van der Waals surface area contributed by atoms with Gasteiger partial charge in [0.05, 0.1) is 17.2 Å². The molecule has 0 radical (unpaired) electrons. The number of aryl methyl sites for hydroxylation is 3. The number of benzene rings is 1. The molecule has 2 fully saturated rings. The van der Waals surface area contributed by atoms with E-state index in [0.717, 1.165) is 47.2 Å². The number of hydrogen-bond donors (Lipinski definition) is 1. The Hall–Kier alpha value is -1.94. The molecular formula is C19H22N2O2. The van der Waals surface area contributed by atoms with E-state index in [-0.39, 0.29) is 11.9 Å². The zero-order valence-electron chi connectivity index (χ0n) is 13.8. The molecule has 1 aromatic heterocycles. The second kappa shape index (κ2) is 5.31. The molecule has 1 saturated carbocycles. The Morgan fingerprint density at radius 1 is 1.30 bits per heavy atom. The van der Waals surface area contributed by atoms with Crippen LogP contribution in [0.5, 0.6) is 0 Å². The summed E-state index contributed by atoms with van der Waals surface area (Å²) in [5, 5.41) is 4.15. The molecule has 2 heterocycles. The van der Waals surface area contributed by atoms with Crippen LogP contribution >= 0.6 is 0 Å². The second-order valence-corrected chi connectivity index (χ2v) is 6.89. The van der Waals surface area contributed by atoms with Crippen molar-refractivity contribution in [3.8, 4) is 0 Å². The lowest BCUT2D eigenvalue weighted by Gasteiger charge is -2.39. The van der Waals surface area contributed by atoms with Gasteiger partial charge in [0.25, 0.3) is 5.91 Å². The molecule has 2 aliphatic rings. The molecular weight excluding hydrogens is 288 g/mol. The number of pyridine rings is 1. The largest absolute Gasteiger partial charge is 0.378 e. The number of hydrogen-bond acceptors (Lipinski definition) is 3. The number of nitrogens with zero attached hydrogens (tertiary/aromatic N) is 1. The summed E-state index contributed by atoms with van der Waals surface area (Å²) >= 11 is 0. The molecule has 3 atom stereocenters. The van der Waals surface area contributed by atoms with E-state index in [1.54, 1.807) is 0 Å². The third-order valence-corrected chi connectivity index (χ3v) is 5.46. The molecule has 23 heavy (non-hydrogen) atoms. The van der Waals surface area contributed by atoms with Crippen molar-refractivity contribution >= 4 is 16.8 Å². The number of carbonyl (C=O) groups is 1. The van der Waals surface area contributed by atoms with Crippen LogP contribution < -0.4 is 5.32 Å². The van der Waals surface area contributed by atoms with Gasteiger partial charge < -0.3 is 10.1 Å². The minimum absolute atomic E-state index is 0.0131. The van der Waals surface area contributed by atoms with Gasteiger partial charge in [0.1, 0.15) is 0 Å². The third-order valence-electron chi connectivity index (χ3n) is 5.46. The van der Waals surface area contributed by atoms with E-state index in [0.29, 0.717) is 12.0 Å². The van der Waals surface area contributed by atoms with Gasteiger partial charge in [-0.15, -0.1) is 0 Å². The molecule has 0 unspecified atom stereocenters. The van der Waals surface area contributed by atoms with Crippen LogP contribution in [0.2, 0.25) is 0 Å². The minimum atomic E-state index is 0.0131. The molecule has 1 aliphatic heterocycles. The Balaban J connectivity index is 1.68. The van der Waals surface area contributed by atoms with Crippen LogP contribution in [0.3, 0.4) is 0 Å². The first-order chi connectivity index (χ1) is 11.0. The topological polar surface area (TPSA) is 51.2 Å². The maximum absolute atomic E-state index is 12.8. The fourth-order valence-corrected chi connectivity index (χ4v) is 3.86. The van der Waals surface area contributed by atoms with Crippen LogP contribution in [0.15, 0.2) is 18.2 Å². The van der Waals surface area contributed by atoms with Crippen molar-refractivity contribution in [1.82, 2.24) is 10.3 Å². The highest BCUT2D eigenvalue weighted by Crippen LogP contribution is 2.38. The number of nitrogens with one attached hydrogen (secondary N) is 1. The van der Waals surface area contributed by atoms with E-state index < -0.39 is 0 Å². The molecule has 2 aromatic rings. The number of carbonyl (C=O) groups excluding carboxylic acids is 1. The SMILES string of the molecule is Cc1cc(C(=O)N[C@H]2C[C@@H]3OCC[C@H]23)c2ccc(C)c(C)c2n1. The fourth-order valence-electron chi connectivity index (χ4n) is 3.86. The van der Waals surface area contributed by atoms with Crippen molar-refractivity contribution < 1.29 is 9.53 Å². The highest BCUT2D eigenvalue weighted by molar-refractivity contribution is 6.07. The zero-order valence-corrected chi connectivity index (χ0v) is 13.8. The van der Waals surface area contributed by atoms with Crippen molar-refractivity contribution in [2.45, 2.75) is 45.8 Å². The summed E-state index contributed by atoms with van der Waals surface area (Å²) in [6.45, 7) is 6.92. The molecule has 0 spiro atoms. The van der Waals surface area contributed by atoms with Crippen molar-refractivity contribution in [3.05, 3.63) is 40.6 Å². The van der Waals surface area contributed by atoms with E-state index in [1.807, 2.05) is 19.1 Å². The summed E-state index contributed by atoms with van der Waals surface area (Å²) in [5.41, 5.74) is 4.90. The van der Waals surface area contributed by atoms with Crippen LogP contribution in [0, 0.1) is 26.7 Å². The van der Waals surface area contributed by atoms with E-state index in [4.69, 9.17) is 4.74 Å². The number of amides is 1. The summed E-state index contributed by atoms with van der Waals surface area (Å²) in [5.74, 6) is 0.510. The number of fused-ring (bicyclic) bond motifs is 2. The number of ether oxygens (including phenoxy) is 1. The molecule has 120 valence electrons. The molecule has 1 saturated heterocycles.